The first-order valence-electron chi connectivity index (χ1n) is 5.00. The van der Waals surface area contributed by atoms with Crippen LogP contribution >= 0.6 is 0 Å². The van der Waals surface area contributed by atoms with Crippen molar-refractivity contribution >= 4 is 5.97 Å². The lowest BCUT2D eigenvalue weighted by Gasteiger charge is -2.22. The number of hydrogen-bond donors (Lipinski definition) is 1. The number of unbranched alkanes of at least 4 members (excludes halogenated alkanes) is 2. The molecule has 0 amide bonds. The Hall–Kier alpha value is -0.570. The fourth-order valence-electron chi connectivity index (χ4n) is 1.28. The van der Waals surface area contributed by atoms with E-state index >= 15 is 0 Å². The highest BCUT2D eigenvalue weighted by atomic mass is 16.4. The van der Waals surface area contributed by atoms with Crippen molar-refractivity contribution in [3.8, 4) is 0 Å². The van der Waals surface area contributed by atoms with Crippen LogP contribution in [0.25, 0.3) is 0 Å². The molecule has 0 aliphatic rings. The molecule has 0 radical (unpaired) electrons. The van der Waals surface area contributed by atoms with Gasteiger partial charge in [0.25, 0.3) is 0 Å². The molecule has 3 nitrogen and oxygen atoms in total. The van der Waals surface area contributed by atoms with Crippen LogP contribution in [0, 0.1) is 0 Å². The molecule has 0 aromatic heterocycles. The molecule has 0 fully saturated rings. The third kappa shape index (κ3) is 6.58. The minimum atomic E-state index is -0.746. The quantitative estimate of drug-likeness (QED) is 0.619. The van der Waals surface area contributed by atoms with E-state index in [1.807, 2.05) is 11.9 Å². The van der Waals surface area contributed by atoms with Crippen molar-refractivity contribution in [2.45, 2.75) is 45.6 Å². The number of carboxylic acids is 1. The van der Waals surface area contributed by atoms with E-state index in [1.165, 1.54) is 19.3 Å². The van der Waals surface area contributed by atoms with E-state index in [4.69, 9.17) is 5.11 Å². The number of nitrogens with zero attached hydrogens (tertiary/aromatic N) is 1. The van der Waals surface area contributed by atoms with E-state index in [0.29, 0.717) is 6.04 Å². The van der Waals surface area contributed by atoms with Gasteiger partial charge < -0.3 is 5.11 Å². The van der Waals surface area contributed by atoms with Crippen molar-refractivity contribution < 1.29 is 9.90 Å². The van der Waals surface area contributed by atoms with Gasteiger partial charge in [-0.25, -0.2) is 0 Å². The maximum atomic E-state index is 10.4. The van der Waals surface area contributed by atoms with Gasteiger partial charge in [0.1, 0.15) is 0 Å². The molecule has 0 aromatic rings. The number of carbonyl (C=O) groups is 1. The predicted octanol–water partition coefficient (Wildman–Crippen LogP) is 1.97. The Balaban J connectivity index is 3.56. The average molecular weight is 187 g/mol. The van der Waals surface area contributed by atoms with Crippen LogP contribution in [0.15, 0.2) is 0 Å². The number of hydrogen-bond acceptors (Lipinski definition) is 2. The SMILES string of the molecule is CCCCC[C@@H](C)N(C)CC(=O)O. The molecule has 0 heterocycles. The third-order valence-electron chi connectivity index (χ3n) is 2.36. The van der Waals surface area contributed by atoms with Crippen molar-refractivity contribution in [3.63, 3.8) is 0 Å². The van der Waals surface area contributed by atoms with Gasteiger partial charge in [-0.3, -0.25) is 9.69 Å². The van der Waals surface area contributed by atoms with E-state index < -0.39 is 5.97 Å². The van der Waals surface area contributed by atoms with Crippen LogP contribution < -0.4 is 0 Å². The lowest BCUT2D eigenvalue weighted by Crippen LogP contribution is -2.33. The van der Waals surface area contributed by atoms with Crippen molar-refractivity contribution in [3.05, 3.63) is 0 Å². The van der Waals surface area contributed by atoms with Gasteiger partial charge in [0.2, 0.25) is 0 Å². The van der Waals surface area contributed by atoms with E-state index in [2.05, 4.69) is 13.8 Å². The van der Waals surface area contributed by atoms with Crippen molar-refractivity contribution in [1.82, 2.24) is 4.90 Å². The summed E-state index contributed by atoms with van der Waals surface area (Å²) in [6.07, 6.45) is 4.75. The number of rotatable bonds is 7. The second-order valence-corrected chi connectivity index (χ2v) is 3.65. The highest BCUT2D eigenvalue weighted by Gasteiger charge is 2.11. The molecule has 3 heteroatoms. The maximum Gasteiger partial charge on any atom is 0.317 e. The molecule has 0 bridgehead atoms. The Morgan fingerprint density at radius 1 is 1.46 bits per heavy atom. The summed E-state index contributed by atoms with van der Waals surface area (Å²) in [6, 6.07) is 0.377. The lowest BCUT2D eigenvalue weighted by atomic mass is 10.1. The Morgan fingerprint density at radius 3 is 2.54 bits per heavy atom. The Labute approximate surface area is 80.7 Å². The average Bonchev–Trinajstić information content (AvgIpc) is 2.03. The van der Waals surface area contributed by atoms with Gasteiger partial charge in [-0.15, -0.1) is 0 Å². The zero-order valence-corrected chi connectivity index (χ0v) is 8.92. The molecular weight excluding hydrogens is 166 g/mol. The first-order chi connectivity index (χ1) is 6.07. The van der Waals surface area contributed by atoms with Gasteiger partial charge in [-0.05, 0) is 20.4 Å². The van der Waals surface area contributed by atoms with Crippen LogP contribution in [-0.4, -0.2) is 35.6 Å². The van der Waals surface area contributed by atoms with Crippen LogP contribution in [-0.2, 0) is 4.79 Å². The van der Waals surface area contributed by atoms with Crippen LogP contribution in [0.1, 0.15) is 39.5 Å². The van der Waals surface area contributed by atoms with Crippen molar-refractivity contribution in [2.75, 3.05) is 13.6 Å². The van der Waals surface area contributed by atoms with Gasteiger partial charge >= 0.3 is 5.97 Å². The summed E-state index contributed by atoms with van der Waals surface area (Å²) in [5, 5.41) is 8.56. The predicted molar refractivity (Wildman–Crippen MR) is 53.9 cm³/mol. The van der Waals surface area contributed by atoms with Crippen LogP contribution in [0.5, 0.6) is 0 Å². The summed E-state index contributed by atoms with van der Waals surface area (Å²) in [7, 11) is 1.87. The second kappa shape index (κ2) is 6.89. The summed E-state index contributed by atoms with van der Waals surface area (Å²) in [4.78, 5) is 12.3. The van der Waals surface area contributed by atoms with Gasteiger partial charge in [0.15, 0.2) is 0 Å². The molecule has 1 atom stereocenters. The largest absolute Gasteiger partial charge is 0.480 e. The van der Waals surface area contributed by atoms with Crippen LogP contribution in [0.2, 0.25) is 0 Å². The highest BCUT2D eigenvalue weighted by molar-refractivity contribution is 5.69. The summed E-state index contributed by atoms with van der Waals surface area (Å²) in [5.74, 6) is -0.746. The summed E-state index contributed by atoms with van der Waals surface area (Å²) in [6.45, 7) is 4.40. The zero-order chi connectivity index (χ0) is 10.3. The van der Waals surface area contributed by atoms with Gasteiger partial charge in [0.05, 0.1) is 6.54 Å². The number of likely N-dealkylation sites (N-methyl/N-ethyl adjacent to an activating group) is 1. The summed E-state index contributed by atoms with van der Waals surface area (Å²) < 4.78 is 0. The molecule has 0 aromatic carbocycles. The molecule has 78 valence electrons. The minimum Gasteiger partial charge on any atom is -0.480 e. The summed E-state index contributed by atoms with van der Waals surface area (Å²) >= 11 is 0. The topological polar surface area (TPSA) is 40.5 Å². The first-order valence-corrected chi connectivity index (χ1v) is 5.00. The molecule has 0 unspecified atom stereocenters. The fraction of sp³-hybridized carbons (Fsp3) is 0.900. The highest BCUT2D eigenvalue weighted by Crippen LogP contribution is 2.07. The fourth-order valence-corrected chi connectivity index (χ4v) is 1.28. The van der Waals surface area contributed by atoms with Crippen molar-refractivity contribution in [1.29, 1.82) is 0 Å². The smallest absolute Gasteiger partial charge is 0.317 e. The van der Waals surface area contributed by atoms with E-state index in [-0.39, 0.29) is 6.54 Å². The minimum absolute atomic E-state index is 0.146. The Kier molecular flexibility index (Phi) is 6.59. The number of aliphatic carboxylic acids is 1. The van der Waals surface area contributed by atoms with E-state index in [1.54, 1.807) is 0 Å². The summed E-state index contributed by atoms with van der Waals surface area (Å²) in [5.41, 5.74) is 0. The number of carboxylic acid groups (broad SMARTS) is 1. The maximum absolute atomic E-state index is 10.4. The monoisotopic (exact) mass is 187 g/mol. The first kappa shape index (κ1) is 12.4. The Bertz CT molecular complexity index is 148. The molecule has 0 rings (SSSR count). The van der Waals surface area contributed by atoms with Gasteiger partial charge in [-0.2, -0.15) is 0 Å². The van der Waals surface area contributed by atoms with Gasteiger partial charge in [-0.1, -0.05) is 26.2 Å². The molecule has 0 spiro atoms. The second-order valence-electron chi connectivity index (χ2n) is 3.65. The zero-order valence-electron chi connectivity index (χ0n) is 8.92. The Morgan fingerprint density at radius 2 is 2.08 bits per heavy atom. The lowest BCUT2D eigenvalue weighted by molar-refractivity contribution is -0.138. The van der Waals surface area contributed by atoms with Gasteiger partial charge in [0, 0.05) is 6.04 Å². The van der Waals surface area contributed by atoms with Crippen molar-refractivity contribution in [2.24, 2.45) is 0 Å². The molecule has 0 aliphatic heterocycles. The molecule has 0 aliphatic carbocycles. The van der Waals surface area contributed by atoms with Crippen LogP contribution in [0.4, 0.5) is 0 Å². The van der Waals surface area contributed by atoms with Crippen LogP contribution in [0.3, 0.4) is 0 Å². The molecular formula is C10H21NO2. The molecule has 1 N–H and O–H groups in total. The van der Waals surface area contributed by atoms with E-state index in [9.17, 15) is 4.79 Å². The third-order valence-corrected chi connectivity index (χ3v) is 2.36. The molecule has 0 saturated heterocycles. The molecule has 0 saturated carbocycles. The molecule has 13 heavy (non-hydrogen) atoms. The van der Waals surface area contributed by atoms with E-state index in [0.717, 1.165) is 6.42 Å². The normalized spacial score (nSPS) is 13.2. The standard InChI is InChI=1S/C10H21NO2/c1-4-5-6-7-9(2)11(3)8-10(12)13/h9H,4-8H2,1-3H3,(H,12,13)/t9-/m1/s1.